The number of nitriles is 1. The van der Waals surface area contributed by atoms with Gasteiger partial charge in [-0.15, -0.1) is 0 Å². The number of rotatable bonds is 11. The minimum Gasteiger partial charge on any atom is -0.364 e. The summed E-state index contributed by atoms with van der Waals surface area (Å²) >= 11 is 0. The van der Waals surface area contributed by atoms with E-state index in [1.807, 2.05) is 25.1 Å². The molecule has 2 aromatic carbocycles. The molecule has 1 saturated heterocycles. The van der Waals surface area contributed by atoms with Crippen molar-refractivity contribution in [1.82, 2.24) is 15.5 Å². The maximum absolute atomic E-state index is 12.8. The largest absolute Gasteiger partial charge is 0.364 e. The Morgan fingerprint density at radius 1 is 1.09 bits per heavy atom. The molecule has 1 aliphatic rings. The second-order valence-electron chi connectivity index (χ2n) is 11.5. The maximum atomic E-state index is 12.8. The molecule has 1 atom stereocenters. The number of benzene rings is 2. The smallest absolute Gasteiger partial charge is 0.258 e. The molecule has 43 heavy (non-hydrogen) atoms. The fourth-order valence-corrected chi connectivity index (χ4v) is 5.82. The van der Waals surface area contributed by atoms with Crippen LogP contribution in [0.3, 0.4) is 0 Å². The highest BCUT2D eigenvalue weighted by Crippen LogP contribution is 2.27. The number of pyridine rings is 1. The van der Waals surface area contributed by atoms with Crippen molar-refractivity contribution in [2.45, 2.75) is 72.1 Å². The van der Waals surface area contributed by atoms with E-state index in [-0.39, 0.29) is 11.8 Å². The summed E-state index contributed by atoms with van der Waals surface area (Å²) in [6, 6.07) is 20.8. The topological polar surface area (TPSA) is 113 Å². The van der Waals surface area contributed by atoms with Crippen molar-refractivity contribution in [2.75, 3.05) is 24.5 Å². The van der Waals surface area contributed by atoms with Crippen LogP contribution in [-0.4, -0.2) is 53.6 Å². The fourth-order valence-electron chi connectivity index (χ4n) is 5.82. The molecule has 1 unspecified atom stereocenters. The van der Waals surface area contributed by atoms with Gasteiger partial charge in [-0.1, -0.05) is 24.3 Å². The third-order valence-corrected chi connectivity index (χ3v) is 8.42. The number of piperidine rings is 1. The molecule has 0 aliphatic carbocycles. The van der Waals surface area contributed by atoms with Crippen molar-refractivity contribution < 1.29 is 19.5 Å². The number of hydrogen-bond donors (Lipinski definition) is 3. The van der Waals surface area contributed by atoms with Gasteiger partial charge in [0.25, 0.3) is 5.91 Å². The molecule has 2 amide bonds. The van der Waals surface area contributed by atoms with Crippen LogP contribution in [0, 0.1) is 25.2 Å². The molecule has 226 valence electrons. The van der Waals surface area contributed by atoms with Gasteiger partial charge in [0.15, 0.2) is 0 Å². The molecule has 0 saturated carbocycles. The molecular formula is C34H43N6O3+. The van der Waals surface area contributed by atoms with E-state index in [0.29, 0.717) is 48.5 Å². The molecule has 4 rings (SSSR count). The SMILES string of the molecule is CC(=O)NCc1ccc(N(Cc2cccc(C#N)c2)C2CCN(C(C)CCNC(=O)c3c(C)cc[n+](O)c3C)CC2)cc1. The van der Waals surface area contributed by atoms with Crippen molar-refractivity contribution in [1.29, 1.82) is 5.26 Å². The van der Waals surface area contributed by atoms with Gasteiger partial charge < -0.3 is 20.4 Å². The lowest BCUT2D eigenvalue weighted by Crippen LogP contribution is -2.48. The van der Waals surface area contributed by atoms with E-state index in [1.165, 1.54) is 6.92 Å². The van der Waals surface area contributed by atoms with Gasteiger partial charge in [-0.2, -0.15) is 5.26 Å². The highest BCUT2D eigenvalue weighted by molar-refractivity contribution is 5.96. The number of carbonyl (C=O) groups is 2. The van der Waals surface area contributed by atoms with Gasteiger partial charge in [-0.05, 0) is 74.1 Å². The van der Waals surface area contributed by atoms with Gasteiger partial charge in [0.1, 0.15) is 5.56 Å². The van der Waals surface area contributed by atoms with E-state index >= 15 is 0 Å². The maximum Gasteiger partial charge on any atom is 0.258 e. The van der Waals surface area contributed by atoms with Gasteiger partial charge in [0.05, 0.1) is 11.6 Å². The third-order valence-electron chi connectivity index (χ3n) is 8.42. The summed E-state index contributed by atoms with van der Waals surface area (Å²) in [5, 5.41) is 25.3. The Morgan fingerprint density at radius 3 is 2.49 bits per heavy atom. The number of nitrogens with one attached hydrogen (secondary N) is 2. The zero-order chi connectivity index (χ0) is 30.9. The van der Waals surface area contributed by atoms with E-state index in [2.05, 4.69) is 63.8 Å². The van der Waals surface area contributed by atoms with Crippen molar-refractivity contribution in [3.8, 4) is 6.07 Å². The number of aromatic nitrogens is 1. The molecule has 1 aliphatic heterocycles. The standard InChI is InChI=1S/C34H42N6O3/c1-24-13-19-40(43)26(3)33(24)34(42)36-16-12-25(2)38-17-14-32(15-18-38)39(23-30-7-5-6-29(20-30)21-35)31-10-8-28(9-11-31)22-37-27(4)41/h5-11,13,19-20,25,32H,12,14-18,22-23H2,1-4H3,(H2-,36,37,41,42,43)/p+1. The molecule has 3 N–H and O–H groups in total. The first-order valence-corrected chi connectivity index (χ1v) is 15.0. The van der Waals surface area contributed by atoms with Gasteiger partial charge >= 0.3 is 0 Å². The van der Waals surface area contributed by atoms with E-state index < -0.39 is 0 Å². The van der Waals surface area contributed by atoms with E-state index in [9.17, 15) is 20.1 Å². The Hall–Kier alpha value is -4.42. The van der Waals surface area contributed by atoms with Crippen LogP contribution in [0.15, 0.2) is 60.8 Å². The van der Waals surface area contributed by atoms with Crippen LogP contribution in [-0.2, 0) is 17.9 Å². The van der Waals surface area contributed by atoms with E-state index in [1.54, 1.807) is 19.2 Å². The second kappa shape index (κ2) is 14.7. The van der Waals surface area contributed by atoms with Crippen molar-refractivity contribution >= 4 is 17.5 Å². The Bertz CT molecular complexity index is 1460. The summed E-state index contributed by atoms with van der Waals surface area (Å²) in [7, 11) is 0. The molecule has 9 nitrogen and oxygen atoms in total. The predicted octanol–water partition coefficient (Wildman–Crippen LogP) is 4.02. The van der Waals surface area contributed by atoms with Crippen LogP contribution in [0.2, 0.25) is 0 Å². The first kappa shape index (κ1) is 31.5. The van der Waals surface area contributed by atoms with E-state index in [0.717, 1.165) is 59.5 Å². The Balaban J connectivity index is 1.37. The summed E-state index contributed by atoms with van der Waals surface area (Å²) in [4.78, 5) is 29.1. The van der Waals surface area contributed by atoms with Crippen LogP contribution < -0.4 is 20.3 Å². The van der Waals surface area contributed by atoms with Crippen LogP contribution in [0.25, 0.3) is 0 Å². The van der Waals surface area contributed by atoms with Gasteiger partial charge in [-0.3, -0.25) is 14.8 Å². The molecule has 3 aromatic rings. The minimum atomic E-state index is -0.163. The highest BCUT2D eigenvalue weighted by atomic mass is 16.5. The number of carbonyl (C=O) groups excluding carboxylic acids is 2. The Kier molecular flexibility index (Phi) is 10.7. The average Bonchev–Trinajstić information content (AvgIpc) is 3.01. The average molecular weight is 584 g/mol. The Labute approximate surface area is 254 Å². The van der Waals surface area contributed by atoms with Crippen LogP contribution in [0.4, 0.5) is 5.69 Å². The summed E-state index contributed by atoms with van der Waals surface area (Å²) in [5.41, 5.74) is 5.81. The van der Waals surface area contributed by atoms with Crippen molar-refractivity contribution in [2.24, 2.45) is 0 Å². The van der Waals surface area contributed by atoms with Gasteiger partial charge in [0, 0.05) is 75.1 Å². The molecule has 0 bridgehead atoms. The Morgan fingerprint density at radius 2 is 1.81 bits per heavy atom. The quantitative estimate of drug-likeness (QED) is 0.232. The van der Waals surface area contributed by atoms with Crippen LogP contribution >= 0.6 is 0 Å². The van der Waals surface area contributed by atoms with E-state index in [4.69, 9.17) is 0 Å². The molecule has 9 heteroatoms. The molecule has 0 radical (unpaired) electrons. The minimum absolute atomic E-state index is 0.0489. The fraction of sp³-hybridized carbons (Fsp3) is 0.412. The molecule has 1 fully saturated rings. The lowest BCUT2D eigenvalue weighted by Gasteiger charge is -2.42. The first-order valence-electron chi connectivity index (χ1n) is 15.0. The summed E-state index contributed by atoms with van der Waals surface area (Å²) in [6.45, 7) is 11.0. The number of likely N-dealkylation sites (tertiary alicyclic amines) is 1. The zero-order valence-corrected chi connectivity index (χ0v) is 25.6. The van der Waals surface area contributed by atoms with Gasteiger partial charge in [0.2, 0.25) is 17.8 Å². The summed E-state index contributed by atoms with van der Waals surface area (Å²) in [6.07, 6.45) is 4.38. The predicted molar refractivity (Wildman–Crippen MR) is 166 cm³/mol. The van der Waals surface area contributed by atoms with Crippen molar-refractivity contribution in [3.05, 3.63) is 94.3 Å². The lowest BCUT2D eigenvalue weighted by molar-refractivity contribution is -0.908. The number of hydrogen-bond acceptors (Lipinski definition) is 6. The van der Waals surface area contributed by atoms with Gasteiger partial charge in [-0.25, -0.2) is 0 Å². The zero-order valence-electron chi connectivity index (χ0n) is 25.6. The van der Waals surface area contributed by atoms with Crippen LogP contribution in [0.5, 0.6) is 0 Å². The monoisotopic (exact) mass is 583 g/mol. The molecule has 2 heterocycles. The number of amides is 2. The molecule has 1 aromatic heterocycles. The number of nitrogens with zero attached hydrogens (tertiary/aromatic N) is 4. The number of anilines is 1. The molecular weight excluding hydrogens is 540 g/mol. The lowest BCUT2D eigenvalue weighted by atomic mass is 9.98. The first-order chi connectivity index (χ1) is 20.7. The third kappa shape index (κ3) is 8.33. The summed E-state index contributed by atoms with van der Waals surface area (Å²) in [5.74, 6) is -0.212. The number of aryl methyl sites for hydroxylation is 1. The van der Waals surface area contributed by atoms with Crippen LogP contribution in [0.1, 0.15) is 71.4 Å². The normalized spacial score (nSPS) is 14.5. The molecule has 0 spiro atoms. The second-order valence-corrected chi connectivity index (χ2v) is 11.5. The van der Waals surface area contributed by atoms with Crippen molar-refractivity contribution in [3.63, 3.8) is 0 Å². The summed E-state index contributed by atoms with van der Waals surface area (Å²) < 4.78 is 0.985. The highest BCUT2D eigenvalue weighted by Gasteiger charge is 2.28.